The number of nitrogens with zero attached hydrogens (tertiary/aromatic N) is 3. The highest BCUT2D eigenvalue weighted by atomic mass is 32.1. The maximum atomic E-state index is 12.1. The molecule has 0 bridgehead atoms. The average molecular weight is 321 g/mol. The third-order valence-corrected chi connectivity index (χ3v) is 4.54. The van der Waals surface area contributed by atoms with Crippen molar-refractivity contribution in [2.75, 3.05) is 0 Å². The van der Waals surface area contributed by atoms with Crippen LogP contribution in [0.1, 0.15) is 54.8 Å². The largest absolute Gasteiger partial charge is 0.332 e. The van der Waals surface area contributed by atoms with Gasteiger partial charge in [0.25, 0.3) is 0 Å². The van der Waals surface area contributed by atoms with Crippen LogP contribution in [0.3, 0.4) is 0 Å². The minimum absolute atomic E-state index is 0.0949. The monoisotopic (exact) mass is 321 g/mol. The first-order valence-corrected chi connectivity index (χ1v) is 8.30. The number of carbonyl (C=O) groups excluding carboxylic acids is 1. The van der Waals surface area contributed by atoms with Gasteiger partial charge < -0.3 is 10.6 Å². The number of amides is 2. The normalized spacial score (nSPS) is 13.7. The summed E-state index contributed by atoms with van der Waals surface area (Å²) in [5.74, 6) is 0. The highest BCUT2D eigenvalue weighted by molar-refractivity contribution is 7.09. The molecule has 0 unspecified atom stereocenters. The van der Waals surface area contributed by atoms with Crippen molar-refractivity contribution in [2.45, 2.75) is 46.2 Å². The van der Waals surface area contributed by atoms with Gasteiger partial charge in [0, 0.05) is 24.2 Å². The van der Waals surface area contributed by atoms with E-state index in [1.807, 2.05) is 39.4 Å². The van der Waals surface area contributed by atoms with Crippen molar-refractivity contribution >= 4 is 17.4 Å². The molecule has 0 saturated carbocycles. The molecule has 2 aromatic heterocycles. The number of nitrogens with one attached hydrogen (secondary N) is 2. The molecule has 2 rings (SSSR count). The van der Waals surface area contributed by atoms with Gasteiger partial charge in [-0.25, -0.2) is 9.78 Å². The lowest BCUT2D eigenvalue weighted by molar-refractivity contribution is 0.234. The van der Waals surface area contributed by atoms with Gasteiger partial charge in [0.15, 0.2) is 0 Å². The topological polar surface area (TPSA) is 71.8 Å². The van der Waals surface area contributed by atoms with Crippen molar-refractivity contribution in [1.82, 2.24) is 25.4 Å². The molecule has 0 aliphatic carbocycles. The van der Waals surface area contributed by atoms with Crippen LogP contribution in [0.2, 0.25) is 0 Å². The van der Waals surface area contributed by atoms with E-state index in [9.17, 15) is 4.79 Å². The Morgan fingerprint density at radius 2 is 2.05 bits per heavy atom. The second-order valence-electron chi connectivity index (χ2n) is 5.42. The molecule has 2 atom stereocenters. The smallest absolute Gasteiger partial charge is 0.315 e. The Morgan fingerprint density at radius 3 is 2.59 bits per heavy atom. The fourth-order valence-corrected chi connectivity index (χ4v) is 3.15. The van der Waals surface area contributed by atoms with Gasteiger partial charge in [-0.1, -0.05) is 6.92 Å². The van der Waals surface area contributed by atoms with Gasteiger partial charge in [-0.05, 0) is 27.2 Å². The third-order valence-electron chi connectivity index (χ3n) is 3.53. The van der Waals surface area contributed by atoms with Gasteiger partial charge >= 0.3 is 6.03 Å². The predicted octanol–water partition coefficient (Wildman–Crippen LogP) is 2.87. The summed E-state index contributed by atoms with van der Waals surface area (Å²) in [6, 6.07) is -0.407. The minimum atomic E-state index is -0.200. The summed E-state index contributed by atoms with van der Waals surface area (Å²) in [6.07, 6.45) is 2.85. The van der Waals surface area contributed by atoms with E-state index in [1.54, 1.807) is 16.0 Å². The van der Waals surface area contributed by atoms with Crippen LogP contribution < -0.4 is 10.6 Å². The van der Waals surface area contributed by atoms with Gasteiger partial charge in [0.2, 0.25) is 0 Å². The lowest BCUT2D eigenvalue weighted by atomic mass is 10.1. The molecule has 7 heteroatoms. The molecule has 6 nitrogen and oxygen atoms in total. The van der Waals surface area contributed by atoms with E-state index in [0.717, 1.165) is 28.4 Å². The molecule has 120 valence electrons. The van der Waals surface area contributed by atoms with Crippen molar-refractivity contribution in [2.24, 2.45) is 7.05 Å². The fraction of sp³-hybridized carbons (Fsp3) is 0.533. The van der Waals surface area contributed by atoms with Crippen LogP contribution in [0.5, 0.6) is 0 Å². The molecule has 0 aliphatic heterocycles. The van der Waals surface area contributed by atoms with Gasteiger partial charge in [0.1, 0.15) is 0 Å². The molecule has 2 amide bonds. The van der Waals surface area contributed by atoms with Crippen molar-refractivity contribution in [3.8, 4) is 0 Å². The SMILES string of the molecule is CCc1nc([C@H](C)NC(=O)N[C@H](C)c2cn(C)nc2C)cs1. The first kappa shape index (κ1) is 16.5. The highest BCUT2D eigenvalue weighted by Gasteiger charge is 2.17. The zero-order valence-electron chi connectivity index (χ0n) is 13.7. The molecule has 2 aromatic rings. The maximum absolute atomic E-state index is 12.1. The van der Waals surface area contributed by atoms with Crippen molar-refractivity contribution in [1.29, 1.82) is 0 Å². The Kier molecular flexibility index (Phi) is 5.18. The summed E-state index contributed by atoms with van der Waals surface area (Å²) in [5, 5.41) is 13.3. The van der Waals surface area contributed by atoms with Crippen LogP contribution >= 0.6 is 11.3 Å². The summed E-state index contributed by atoms with van der Waals surface area (Å²) in [6.45, 7) is 7.90. The minimum Gasteiger partial charge on any atom is -0.332 e. The van der Waals surface area contributed by atoms with Crippen molar-refractivity contribution in [3.63, 3.8) is 0 Å². The second-order valence-corrected chi connectivity index (χ2v) is 6.37. The summed E-state index contributed by atoms with van der Waals surface area (Å²) >= 11 is 1.63. The van der Waals surface area contributed by atoms with Crippen molar-refractivity contribution in [3.05, 3.63) is 33.5 Å². The van der Waals surface area contributed by atoms with Crippen LogP contribution in [0.4, 0.5) is 4.79 Å². The van der Waals surface area contributed by atoms with E-state index >= 15 is 0 Å². The number of aromatic nitrogens is 3. The molecule has 2 heterocycles. The Labute approximate surface area is 135 Å². The Balaban J connectivity index is 1.93. The zero-order valence-corrected chi connectivity index (χ0v) is 14.5. The number of rotatable bonds is 5. The standard InChI is InChI=1S/C15H23N5OS/c1-6-14-18-13(8-22-14)11(4)17-15(21)16-9(2)12-7-20(5)19-10(12)3/h7-9,11H,6H2,1-5H3,(H2,16,17,21)/t9-,11+/m1/s1. The molecular formula is C15H23N5OS. The molecule has 0 aliphatic rings. The van der Waals surface area contributed by atoms with Gasteiger partial charge in [-0.3, -0.25) is 4.68 Å². The second kappa shape index (κ2) is 6.91. The van der Waals surface area contributed by atoms with Crippen molar-refractivity contribution < 1.29 is 4.79 Å². The molecule has 0 radical (unpaired) electrons. The molecule has 0 spiro atoms. The lowest BCUT2D eigenvalue weighted by Gasteiger charge is -2.17. The number of hydrogen-bond acceptors (Lipinski definition) is 4. The van der Waals surface area contributed by atoms with Gasteiger partial charge in [-0.15, -0.1) is 11.3 Å². The van der Waals surface area contributed by atoms with Crippen LogP contribution in [-0.4, -0.2) is 20.8 Å². The third kappa shape index (κ3) is 3.85. The van der Waals surface area contributed by atoms with E-state index in [4.69, 9.17) is 0 Å². The molecular weight excluding hydrogens is 298 g/mol. The lowest BCUT2D eigenvalue weighted by Crippen LogP contribution is -2.38. The number of urea groups is 1. The van der Waals surface area contributed by atoms with E-state index in [-0.39, 0.29) is 18.1 Å². The van der Waals surface area contributed by atoms with E-state index < -0.39 is 0 Å². The summed E-state index contributed by atoms with van der Waals surface area (Å²) < 4.78 is 1.75. The molecule has 0 saturated heterocycles. The Morgan fingerprint density at radius 1 is 1.36 bits per heavy atom. The number of thiazole rings is 1. The summed E-state index contributed by atoms with van der Waals surface area (Å²) in [5.41, 5.74) is 2.85. The zero-order chi connectivity index (χ0) is 16.3. The quantitative estimate of drug-likeness (QED) is 0.889. The van der Waals surface area contributed by atoms with Crippen LogP contribution in [-0.2, 0) is 13.5 Å². The van der Waals surface area contributed by atoms with Crippen LogP contribution in [0.15, 0.2) is 11.6 Å². The number of carbonyl (C=O) groups is 1. The molecule has 22 heavy (non-hydrogen) atoms. The fourth-order valence-electron chi connectivity index (χ4n) is 2.32. The predicted molar refractivity (Wildman–Crippen MR) is 87.9 cm³/mol. The van der Waals surface area contributed by atoms with E-state index in [1.165, 1.54) is 0 Å². The average Bonchev–Trinajstić information content (AvgIpc) is 3.04. The number of hydrogen-bond donors (Lipinski definition) is 2. The summed E-state index contributed by atoms with van der Waals surface area (Å²) in [4.78, 5) is 16.6. The Bertz CT molecular complexity index is 648. The molecule has 0 fully saturated rings. The van der Waals surface area contributed by atoms with E-state index in [2.05, 4.69) is 27.6 Å². The van der Waals surface area contributed by atoms with Crippen LogP contribution in [0.25, 0.3) is 0 Å². The maximum Gasteiger partial charge on any atom is 0.315 e. The van der Waals surface area contributed by atoms with E-state index in [0.29, 0.717) is 0 Å². The highest BCUT2D eigenvalue weighted by Crippen LogP contribution is 2.18. The van der Waals surface area contributed by atoms with Crippen LogP contribution in [0, 0.1) is 6.92 Å². The summed E-state index contributed by atoms with van der Waals surface area (Å²) in [7, 11) is 1.87. The van der Waals surface area contributed by atoms with Gasteiger partial charge in [0.05, 0.1) is 28.5 Å². The number of aryl methyl sites for hydroxylation is 3. The first-order valence-electron chi connectivity index (χ1n) is 7.42. The Hall–Kier alpha value is -1.89. The molecule has 2 N–H and O–H groups in total. The first-order chi connectivity index (χ1) is 10.4. The van der Waals surface area contributed by atoms with Gasteiger partial charge in [-0.2, -0.15) is 5.10 Å². The molecule has 0 aromatic carbocycles.